The summed E-state index contributed by atoms with van der Waals surface area (Å²) in [5.74, 6) is -0.726. The lowest BCUT2D eigenvalue weighted by Crippen LogP contribution is -2.38. The number of hydrogen-bond donors (Lipinski definition) is 2. The summed E-state index contributed by atoms with van der Waals surface area (Å²) in [6.45, 7) is 3.93. The number of carbonyl (C=O) groups excluding carboxylic acids is 1. The van der Waals surface area contributed by atoms with Gasteiger partial charge in [0.2, 0.25) is 0 Å². The van der Waals surface area contributed by atoms with Gasteiger partial charge >= 0.3 is 0 Å². The van der Waals surface area contributed by atoms with E-state index < -0.39 is 5.82 Å². The second kappa shape index (κ2) is 8.59. The number of methoxy groups -OCH3 is 1. The number of amides is 1. The third kappa shape index (κ3) is 5.69. The molecule has 1 amide bonds. The van der Waals surface area contributed by atoms with E-state index in [0.29, 0.717) is 6.61 Å². The highest BCUT2D eigenvalue weighted by Gasteiger charge is 2.11. The van der Waals surface area contributed by atoms with E-state index >= 15 is 0 Å². The molecular formula is C15H23FN2O3. The van der Waals surface area contributed by atoms with Gasteiger partial charge in [0.1, 0.15) is 0 Å². The number of rotatable bonds is 8. The van der Waals surface area contributed by atoms with E-state index in [2.05, 4.69) is 10.6 Å². The SMILES string of the molecule is CNC(C)c1ccc(OCC(=O)NC(C)COC)c(F)c1. The molecule has 21 heavy (non-hydrogen) atoms. The van der Waals surface area contributed by atoms with Gasteiger partial charge in [-0.2, -0.15) is 0 Å². The van der Waals surface area contributed by atoms with Crippen molar-refractivity contribution < 1.29 is 18.7 Å². The molecule has 1 aromatic carbocycles. The van der Waals surface area contributed by atoms with Crippen molar-refractivity contribution in [1.82, 2.24) is 10.6 Å². The molecule has 0 heterocycles. The maximum atomic E-state index is 13.9. The molecule has 118 valence electrons. The molecule has 0 saturated carbocycles. The van der Waals surface area contributed by atoms with E-state index in [9.17, 15) is 9.18 Å². The first kappa shape index (κ1) is 17.4. The molecule has 0 bridgehead atoms. The summed E-state index contributed by atoms with van der Waals surface area (Å²) < 4.78 is 24.0. The molecule has 0 fully saturated rings. The van der Waals surface area contributed by atoms with Crippen LogP contribution < -0.4 is 15.4 Å². The fourth-order valence-electron chi connectivity index (χ4n) is 1.82. The Balaban J connectivity index is 2.54. The Morgan fingerprint density at radius 1 is 1.38 bits per heavy atom. The molecule has 6 heteroatoms. The topological polar surface area (TPSA) is 59.6 Å². The summed E-state index contributed by atoms with van der Waals surface area (Å²) in [5, 5.41) is 5.72. The van der Waals surface area contributed by atoms with Gasteiger partial charge in [-0.25, -0.2) is 4.39 Å². The third-order valence-electron chi connectivity index (χ3n) is 3.07. The second-order valence-electron chi connectivity index (χ2n) is 4.91. The number of nitrogens with one attached hydrogen (secondary N) is 2. The number of hydrogen-bond acceptors (Lipinski definition) is 4. The van der Waals surface area contributed by atoms with E-state index in [-0.39, 0.29) is 30.3 Å². The summed E-state index contributed by atoms with van der Waals surface area (Å²) in [7, 11) is 3.36. The maximum absolute atomic E-state index is 13.9. The Morgan fingerprint density at radius 3 is 2.67 bits per heavy atom. The minimum atomic E-state index is -0.479. The lowest BCUT2D eigenvalue weighted by atomic mass is 10.1. The molecular weight excluding hydrogens is 275 g/mol. The predicted molar refractivity (Wildman–Crippen MR) is 78.9 cm³/mol. The van der Waals surface area contributed by atoms with Crippen LogP contribution in [0.2, 0.25) is 0 Å². The Kier molecular flexibility index (Phi) is 7.11. The fraction of sp³-hybridized carbons (Fsp3) is 0.533. The molecule has 1 aromatic rings. The van der Waals surface area contributed by atoms with Crippen molar-refractivity contribution in [3.8, 4) is 5.75 Å². The van der Waals surface area contributed by atoms with E-state index in [1.807, 2.05) is 13.8 Å². The molecule has 5 nitrogen and oxygen atoms in total. The molecule has 2 atom stereocenters. The highest BCUT2D eigenvalue weighted by molar-refractivity contribution is 5.77. The smallest absolute Gasteiger partial charge is 0.258 e. The molecule has 1 rings (SSSR count). The van der Waals surface area contributed by atoms with Crippen LogP contribution in [0.15, 0.2) is 18.2 Å². The van der Waals surface area contributed by atoms with Crippen molar-refractivity contribution in [2.24, 2.45) is 0 Å². The van der Waals surface area contributed by atoms with Crippen LogP contribution in [0, 0.1) is 5.82 Å². The number of ether oxygens (including phenoxy) is 2. The Hall–Kier alpha value is -1.66. The highest BCUT2D eigenvalue weighted by Crippen LogP contribution is 2.21. The lowest BCUT2D eigenvalue weighted by Gasteiger charge is -2.14. The van der Waals surface area contributed by atoms with Crippen LogP contribution in [0.25, 0.3) is 0 Å². The average Bonchev–Trinajstić information content (AvgIpc) is 2.45. The van der Waals surface area contributed by atoms with Crippen LogP contribution in [-0.4, -0.2) is 39.3 Å². The Labute approximate surface area is 124 Å². The van der Waals surface area contributed by atoms with E-state index in [0.717, 1.165) is 5.56 Å². The quantitative estimate of drug-likeness (QED) is 0.766. The normalized spacial score (nSPS) is 13.6. The highest BCUT2D eigenvalue weighted by atomic mass is 19.1. The van der Waals surface area contributed by atoms with Gasteiger partial charge < -0.3 is 20.1 Å². The fourth-order valence-corrected chi connectivity index (χ4v) is 1.82. The van der Waals surface area contributed by atoms with Crippen molar-refractivity contribution in [2.45, 2.75) is 25.9 Å². The van der Waals surface area contributed by atoms with Crippen molar-refractivity contribution in [3.63, 3.8) is 0 Å². The standard InChI is InChI=1S/C15H23FN2O3/c1-10(8-20-4)18-15(19)9-21-14-6-5-12(7-13(14)16)11(2)17-3/h5-7,10-11,17H,8-9H2,1-4H3,(H,18,19). The molecule has 0 aliphatic heterocycles. The average molecular weight is 298 g/mol. The minimum absolute atomic E-state index is 0.0479. The predicted octanol–water partition coefficient (Wildman–Crippen LogP) is 1.64. The third-order valence-corrected chi connectivity index (χ3v) is 3.07. The van der Waals surface area contributed by atoms with Gasteiger partial charge in [-0.15, -0.1) is 0 Å². The van der Waals surface area contributed by atoms with Crippen molar-refractivity contribution in [2.75, 3.05) is 27.4 Å². The maximum Gasteiger partial charge on any atom is 0.258 e. The zero-order valence-corrected chi connectivity index (χ0v) is 12.9. The van der Waals surface area contributed by atoms with E-state index in [4.69, 9.17) is 9.47 Å². The largest absolute Gasteiger partial charge is 0.481 e. The molecule has 0 aliphatic carbocycles. The van der Waals surface area contributed by atoms with Gasteiger partial charge in [0.05, 0.1) is 6.61 Å². The number of carbonyl (C=O) groups is 1. The molecule has 0 aliphatic rings. The first-order valence-electron chi connectivity index (χ1n) is 6.85. The monoisotopic (exact) mass is 298 g/mol. The Bertz CT molecular complexity index is 468. The summed E-state index contributed by atoms with van der Waals surface area (Å²) in [5.41, 5.74) is 0.820. The van der Waals surface area contributed by atoms with Gasteiger partial charge in [-0.1, -0.05) is 6.07 Å². The van der Waals surface area contributed by atoms with Gasteiger partial charge in [-0.3, -0.25) is 4.79 Å². The van der Waals surface area contributed by atoms with Crippen LogP contribution in [0.4, 0.5) is 4.39 Å². The molecule has 0 spiro atoms. The summed E-state index contributed by atoms with van der Waals surface area (Å²) in [4.78, 5) is 11.6. The number of halogens is 1. The first-order chi connectivity index (χ1) is 9.97. The number of benzene rings is 1. The molecule has 2 unspecified atom stereocenters. The lowest BCUT2D eigenvalue weighted by molar-refractivity contribution is -0.124. The van der Waals surface area contributed by atoms with E-state index in [1.165, 1.54) is 12.1 Å². The Morgan fingerprint density at radius 2 is 2.10 bits per heavy atom. The summed E-state index contributed by atoms with van der Waals surface area (Å²) in [6.07, 6.45) is 0. The zero-order chi connectivity index (χ0) is 15.8. The zero-order valence-electron chi connectivity index (χ0n) is 12.9. The van der Waals surface area contributed by atoms with Crippen LogP contribution in [0.5, 0.6) is 5.75 Å². The van der Waals surface area contributed by atoms with Gasteiger partial charge in [-0.05, 0) is 38.6 Å². The van der Waals surface area contributed by atoms with Crippen LogP contribution in [0.3, 0.4) is 0 Å². The van der Waals surface area contributed by atoms with Gasteiger partial charge in [0.15, 0.2) is 18.2 Å². The summed E-state index contributed by atoms with van der Waals surface area (Å²) in [6, 6.07) is 4.64. The van der Waals surface area contributed by atoms with Crippen LogP contribution >= 0.6 is 0 Å². The minimum Gasteiger partial charge on any atom is -0.481 e. The van der Waals surface area contributed by atoms with Crippen LogP contribution in [0.1, 0.15) is 25.5 Å². The van der Waals surface area contributed by atoms with Gasteiger partial charge in [0.25, 0.3) is 5.91 Å². The van der Waals surface area contributed by atoms with Crippen molar-refractivity contribution in [1.29, 1.82) is 0 Å². The first-order valence-corrected chi connectivity index (χ1v) is 6.85. The van der Waals surface area contributed by atoms with Gasteiger partial charge in [0, 0.05) is 19.2 Å². The second-order valence-corrected chi connectivity index (χ2v) is 4.91. The molecule has 0 radical (unpaired) electrons. The van der Waals surface area contributed by atoms with Crippen molar-refractivity contribution in [3.05, 3.63) is 29.6 Å². The van der Waals surface area contributed by atoms with Crippen LogP contribution in [-0.2, 0) is 9.53 Å². The van der Waals surface area contributed by atoms with Crippen molar-refractivity contribution >= 4 is 5.91 Å². The molecule has 0 aromatic heterocycles. The summed E-state index contributed by atoms with van der Waals surface area (Å²) >= 11 is 0. The molecule has 0 saturated heterocycles. The van der Waals surface area contributed by atoms with E-state index in [1.54, 1.807) is 20.2 Å². The molecule has 2 N–H and O–H groups in total.